The summed E-state index contributed by atoms with van der Waals surface area (Å²) >= 11 is 0. The van der Waals surface area contributed by atoms with Gasteiger partial charge in [0, 0.05) is 38.8 Å². The first-order valence-corrected chi connectivity index (χ1v) is 10.8. The van der Waals surface area contributed by atoms with Gasteiger partial charge in [0.05, 0.1) is 6.04 Å². The van der Waals surface area contributed by atoms with Gasteiger partial charge in [-0.2, -0.15) is 0 Å². The van der Waals surface area contributed by atoms with E-state index in [4.69, 9.17) is 9.47 Å². The largest absolute Gasteiger partial charge is 0.454 e. The second-order valence-corrected chi connectivity index (χ2v) is 8.55. The van der Waals surface area contributed by atoms with Crippen molar-refractivity contribution in [3.8, 4) is 11.5 Å². The third kappa shape index (κ3) is 4.44. The zero-order valence-electron chi connectivity index (χ0n) is 17.2. The molecule has 1 N–H and O–H groups in total. The average molecular weight is 388 g/mol. The van der Waals surface area contributed by atoms with Crippen molar-refractivity contribution >= 4 is 5.91 Å². The molecule has 1 aromatic rings. The van der Waals surface area contributed by atoms with Crippen molar-refractivity contribution in [1.29, 1.82) is 0 Å². The van der Waals surface area contributed by atoms with Crippen LogP contribution in [0.25, 0.3) is 0 Å². The number of benzene rings is 1. The quantitative estimate of drug-likeness (QED) is 0.842. The molecular weight excluding hydrogens is 354 g/mol. The number of nitrogens with zero attached hydrogens (tertiary/aromatic N) is 2. The number of nitrogens with one attached hydrogen (secondary N) is 1. The lowest BCUT2D eigenvalue weighted by Gasteiger charge is -2.38. The predicted octanol–water partition coefficient (Wildman–Crippen LogP) is 2.62. The van der Waals surface area contributed by atoms with Crippen molar-refractivity contribution in [1.82, 2.24) is 15.1 Å². The molecular formula is C22H33N3O3. The SMILES string of the molecule is C[C@H](C(=O)N[C@@H]1CCCC[C@@H]1C)N1CCN(Cc2ccc3c(c2)OCO3)CC1. The molecule has 1 aromatic carbocycles. The zero-order chi connectivity index (χ0) is 19.5. The Bertz CT molecular complexity index is 688. The minimum absolute atomic E-state index is 0.0539. The molecule has 1 aliphatic carbocycles. The van der Waals surface area contributed by atoms with Crippen molar-refractivity contribution < 1.29 is 14.3 Å². The molecule has 3 atom stereocenters. The Morgan fingerprint density at radius 1 is 1.14 bits per heavy atom. The van der Waals surface area contributed by atoms with Gasteiger partial charge in [-0.25, -0.2) is 0 Å². The lowest BCUT2D eigenvalue weighted by Crippen LogP contribution is -2.55. The number of carbonyl (C=O) groups excluding carboxylic acids is 1. The van der Waals surface area contributed by atoms with Gasteiger partial charge in [-0.05, 0) is 43.4 Å². The van der Waals surface area contributed by atoms with E-state index in [0.29, 0.717) is 18.8 Å². The van der Waals surface area contributed by atoms with Crippen LogP contribution in [0.15, 0.2) is 18.2 Å². The summed E-state index contributed by atoms with van der Waals surface area (Å²) in [6, 6.07) is 6.49. The maximum absolute atomic E-state index is 12.7. The van der Waals surface area contributed by atoms with Crippen molar-refractivity contribution in [2.45, 2.75) is 58.2 Å². The summed E-state index contributed by atoms with van der Waals surface area (Å²) in [6.45, 7) is 9.36. The van der Waals surface area contributed by atoms with Crippen molar-refractivity contribution in [2.24, 2.45) is 5.92 Å². The fraction of sp³-hybridized carbons (Fsp3) is 0.682. The van der Waals surface area contributed by atoms with E-state index in [2.05, 4.69) is 41.1 Å². The fourth-order valence-corrected chi connectivity index (χ4v) is 4.61. The minimum Gasteiger partial charge on any atom is -0.454 e. The number of hydrogen-bond acceptors (Lipinski definition) is 5. The number of carbonyl (C=O) groups is 1. The Morgan fingerprint density at radius 2 is 1.89 bits per heavy atom. The second kappa shape index (κ2) is 8.70. The molecule has 2 aliphatic heterocycles. The van der Waals surface area contributed by atoms with Crippen LogP contribution in [0, 0.1) is 5.92 Å². The Labute approximate surface area is 168 Å². The van der Waals surface area contributed by atoms with Gasteiger partial charge in [0.1, 0.15) is 0 Å². The highest BCUT2D eigenvalue weighted by Crippen LogP contribution is 2.33. The highest BCUT2D eigenvalue weighted by atomic mass is 16.7. The van der Waals surface area contributed by atoms with Crippen molar-refractivity contribution in [3.05, 3.63) is 23.8 Å². The van der Waals surface area contributed by atoms with E-state index in [-0.39, 0.29) is 11.9 Å². The Balaban J connectivity index is 1.24. The molecule has 0 spiro atoms. The molecule has 4 rings (SSSR count). The normalized spacial score (nSPS) is 26.8. The Hall–Kier alpha value is -1.79. The van der Waals surface area contributed by atoms with Gasteiger partial charge in [-0.1, -0.05) is 25.8 Å². The van der Waals surface area contributed by atoms with Crippen molar-refractivity contribution in [2.75, 3.05) is 33.0 Å². The van der Waals surface area contributed by atoms with Gasteiger partial charge >= 0.3 is 0 Å². The first-order valence-electron chi connectivity index (χ1n) is 10.8. The van der Waals surface area contributed by atoms with Crippen LogP contribution >= 0.6 is 0 Å². The summed E-state index contributed by atoms with van der Waals surface area (Å²) in [5, 5.41) is 3.32. The lowest BCUT2D eigenvalue weighted by atomic mass is 9.86. The van der Waals surface area contributed by atoms with Crippen LogP contribution < -0.4 is 14.8 Å². The van der Waals surface area contributed by atoms with E-state index in [0.717, 1.165) is 50.6 Å². The predicted molar refractivity (Wildman–Crippen MR) is 108 cm³/mol. The molecule has 6 heteroatoms. The highest BCUT2D eigenvalue weighted by molar-refractivity contribution is 5.81. The monoisotopic (exact) mass is 387 g/mol. The van der Waals surface area contributed by atoms with Gasteiger partial charge in [-0.3, -0.25) is 14.6 Å². The van der Waals surface area contributed by atoms with Gasteiger partial charge in [-0.15, -0.1) is 0 Å². The zero-order valence-corrected chi connectivity index (χ0v) is 17.2. The maximum Gasteiger partial charge on any atom is 0.237 e. The molecule has 1 amide bonds. The van der Waals surface area contributed by atoms with Crippen LogP contribution in [-0.4, -0.2) is 60.8 Å². The summed E-state index contributed by atoms with van der Waals surface area (Å²) in [6.07, 6.45) is 4.90. The first kappa shape index (κ1) is 19.5. The first-order chi connectivity index (χ1) is 13.6. The third-order valence-corrected chi connectivity index (χ3v) is 6.62. The van der Waals surface area contributed by atoms with Gasteiger partial charge < -0.3 is 14.8 Å². The molecule has 154 valence electrons. The van der Waals surface area contributed by atoms with Crippen LogP contribution in [0.5, 0.6) is 11.5 Å². The fourth-order valence-electron chi connectivity index (χ4n) is 4.61. The Morgan fingerprint density at radius 3 is 2.68 bits per heavy atom. The second-order valence-electron chi connectivity index (χ2n) is 8.55. The number of amides is 1. The molecule has 0 bridgehead atoms. The molecule has 0 aromatic heterocycles. The molecule has 0 unspecified atom stereocenters. The molecule has 1 saturated heterocycles. The summed E-state index contributed by atoms with van der Waals surface area (Å²) in [4.78, 5) is 17.5. The van der Waals surface area contributed by atoms with Crippen LogP contribution in [0.3, 0.4) is 0 Å². The molecule has 2 heterocycles. The van der Waals surface area contributed by atoms with E-state index in [1.54, 1.807) is 0 Å². The lowest BCUT2D eigenvalue weighted by molar-refractivity contribution is -0.127. The van der Waals surface area contributed by atoms with Crippen LogP contribution in [0.4, 0.5) is 0 Å². The molecule has 3 aliphatic rings. The van der Waals surface area contributed by atoms with E-state index < -0.39 is 0 Å². The molecule has 28 heavy (non-hydrogen) atoms. The maximum atomic E-state index is 12.7. The number of piperazine rings is 1. The minimum atomic E-state index is -0.0539. The van der Waals surface area contributed by atoms with E-state index in [1.807, 2.05) is 6.07 Å². The van der Waals surface area contributed by atoms with Crippen LogP contribution in [-0.2, 0) is 11.3 Å². The number of hydrogen-bond donors (Lipinski definition) is 1. The van der Waals surface area contributed by atoms with Crippen LogP contribution in [0.1, 0.15) is 45.1 Å². The Kier molecular flexibility index (Phi) is 6.07. The summed E-state index contributed by atoms with van der Waals surface area (Å²) in [7, 11) is 0. The molecule has 1 saturated carbocycles. The third-order valence-electron chi connectivity index (χ3n) is 6.62. The van der Waals surface area contributed by atoms with E-state index in [1.165, 1.54) is 24.8 Å². The number of rotatable bonds is 5. The highest BCUT2D eigenvalue weighted by Gasteiger charge is 2.29. The molecule has 0 radical (unpaired) electrons. The molecule has 2 fully saturated rings. The van der Waals surface area contributed by atoms with Gasteiger partial charge in [0.2, 0.25) is 12.7 Å². The van der Waals surface area contributed by atoms with Gasteiger partial charge in [0.25, 0.3) is 0 Å². The topological polar surface area (TPSA) is 54.0 Å². The van der Waals surface area contributed by atoms with Gasteiger partial charge in [0.15, 0.2) is 11.5 Å². The van der Waals surface area contributed by atoms with E-state index >= 15 is 0 Å². The van der Waals surface area contributed by atoms with E-state index in [9.17, 15) is 4.79 Å². The standard InChI is InChI=1S/C22H33N3O3/c1-16-5-3-4-6-19(16)23-22(26)17(2)25-11-9-24(10-12-25)14-18-7-8-20-21(13-18)28-15-27-20/h7-8,13,16-17,19H,3-6,9-12,14-15H2,1-2H3,(H,23,26)/t16-,17+,19+/m0/s1. The molecule has 6 nitrogen and oxygen atoms in total. The summed E-state index contributed by atoms with van der Waals surface area (Å²) in [5.74, 6) is 2.48. The number of fused-ring (bicyclic) bond motifs is 1. The summed E-state index contributed by atoms with van der Waals surface area (Å²) in [5.41, 5.74) is 1.25. The number of ether oxygens (including phenoxy) is 2. The average Bonchev–Trinajstić information content (AvgIpc) is 3.17. The van der Waals surface area contributed by atoms with Crippen molar-refractivity contribution in [3.63, 3.8) is 0 Å². The van der Waals surface area contributed by atoms with Crippen LogP contribution in [0.2, 0.25) is 0 Å². The smallest absolute Gasteiger partial charge is 0.237 e. The summed E-state index contributed by atoms with van der Waals surface area (Å²) < 4.78 is 10.9.